The lowest BCUT2D eigenvalue weighted by Gasteiger charge is -2.35. The van der Waals surface area contributed by atoms with Gasteiger partial charge in [-0.15, -0.1) is 0 Å². The summed E-state index contributed by atoms with van der Waals surface area (Å²) in [7, 11) is 1.62. The standard InChI is InChI=1S/C25H30FN3O3/c1-32-22-12-4-17(5-13-22)16-27-25(31)28-21-10-7-19(8-11-21)24(30)29-14-2-3-18-6-9-20(26)15-23(18)29/h4-6,9,12-13,15,19,21H,2-3,7-8,10-11,14,16H2,1H3,(H2,27,28,31). The predicted molar refractivity (Wildman–Crippen MR) is 121 cm³/mol. The van der Waals surface area contributed by atoms with Gasteiger partial charge >= 0.3 is 6.03 Å². The van der Waals surface area contributed by atoms with E-state index in [0.717, 1.165) is 61.1 Å². The van der Waals surface area contributed by atoms with Crippen molar-refractivity contribution in [2.24, 2.45) is 5.92 Å². The van der Waals surface area contributed by atoms with Crippen LogP contribution in [-0.4, -0.2) is 31.6 Å². The molecule has 2 N–H and O–H groups in total. The van der Waals surface area contributed by atoms with Crippen LogP contribution in [0.25, 0.3) is 0 Å². The lowest BCUT2D eigenvalue weighted by Crippen LogP contribution is -2.46. The number of rotatable bonds is 5. The van der Waals surface area contributed by atoms with Crippen molar-refractivity contribution in [1.82, 2.24) is 10.6 Å². The van der Waals surface area contributed by atoms with E-state index in [1.54, 1.807) is 18.1 Å². The van der Waals surface area contributed by atoms with Gasteiger partial charge in [-0.25, -0.2) is 9.18 Å². The van der Waals surface area contributed by atoms with Crippen molar-refractivity contribution >= 4 is 17.6 Å². The number of hydrogen-bond acceptors (Lipinski definition) is 3. The van der Waals surface area contributed by atoms with E-state index in [-0.39, 0.29) is 29.7 Å². The Balaban J connectivity index is 1.25. The Morgan fingerprint density at radius 1 is 1.09 bits per heavy atom. The van der Waals surface area contributed by atoms with Crippen molar-refractivity contribution in [3.8, 4) is 5.75 Å². The Morgan fingerprint density at radius 3 is 2.56 bits per heavy atom. The minimum Gasteiger partial charge on any atom is -0.497 e. The zero-order chi connectivity index (χ0) is 22.5. The van der Waals surface area contributed by atoms with Gasteiger partial charge in [0.05, 0.1) is 7.11 Å². The number of hydrogen-bond donors (Lipinski definition) is 2. The lowest BCUT2D eigenvalue weighted by atomic mass is 9.84. The number of fused-ring (bicyclic) bond motifs is 1. The molecule has 6 nitrogen and oxygen atoms in total. The SMILES string of the molecule is COc1ccc(CNC(=O)NC2CCC(C(=O)N3CCCc4ccc(F)cc43)CC2)cc1. The molecule has 2 aromatic rings. The largest absolute Gasteiger partial charge is 0.497 e. The van der Waals surface area contributed by atoms with Crippen molar-refractivity contribution in [2.45, 2.75) is 51.1 Å². The first-order chi connectivity index (χ1) is 15.5. The summed E-state index contributed by atoms with van der Waals surface area (Å²) in [5, 5.41) is 5.91. The second-order valence-electron chi connectivity index (χ2n) is 8.59. The fourth-order valence-electron chi connectivity index (χ4n) is 4.64. The van der Waals surface area contributed by atoms with Crippen molar-refractivity contribution < 1.29 is 18.7 Å². The molecule has 0 unspecified atom stereocenters. The molecule has 2 aliphatic rings. The van der Waals surface area contributed by atoms with Gasteiger partial charge in [-0.3, -0.25) is 4.79 Å². The van der Waals surface area contributed by atoms with Gasteiger partial charge < -0.3 is 20.3 Å². The number of methoxy groups -OCH3 is 1. The summed E-state index contributed by atoms with van der Waals surface area (Å²) in [5.41, 5.74) is 2.75. The number of halogens is 1. The van der Waals surface area contributed by atoms with Gasteiger partial charge in [0.15, 0.2) is 0 Å². The molecule has 1 heterocycles. The first kappa shape index (κ1) is 22.1. The highest BCUT2D eigenvalue weighted by Crippen LogP contribution is 2.33. The second-order valence-corrected chi connectivity index (χ2v) is 8.59. The highest BCUT2D eigenvalue weighted by molar-refractivity contribution is 5.96. The number of aryl methyl sites for hydroxylation is 1. The molecule has 32 heavy (non-hydrogen) atoms. The van der Waals surface area contributed by atoms with Crippen molar-refractivity contribution in [2.75, 3.05) is 18.6 Å². The molecule has 2 aromatic carbocycles. The molecule has 0 saturated heterocycles. The van der Waals surface area contributed by atoms with Crippen LogP contribution in [0.3, 0.4) is 0 Å². The lowest BCUT2D eigenvalue weighted by molar-refractivity contribution is -0.123. The third-order valence-electron chi connectivity index (χ3n) is 6.46. The average Bonchev–Trinajstić information content (AvgIpc) is 2.82. The van der Waals surface area contributed by atoms with Crippen molar-refractivity contribution in [3.63, 3.8) is 0 Å². The van der Waals surface area contributed by atoms with E-state index >= 15 is 0 Å². The maximum atomic E-state index is 13.8. The molecular weight excluding hydrogens is 409 g/mol. The average molecular weight is 440 g/mol. The molecule has 0 bridgehead atoms. The molecule has 170 valence electrons. The zero-order valence-electron chi connectivity index (χ0n) is 18.4. The molecule has 1 fully saturated rings. The number of carbonyl (C=O) groups is 2. The Hall–Kier alpha value is -3.09. The monoisotopic (exact) mass is 439 g/mol. The molecule has 0 radical (unpaired) electrons. The number of nitrogens with zero attached hydrogens (tertiary/aromatic N) is 1. The number of urea groups is 1. The van der Waals surface area contributed by atoms with Crippen LogP contribution < -0.4 is 20.3 Å². The molecule has 1 aliphatic carbocycles. The van der Waals surface area contributed by atoms with Gasteiger partial charge in [0.2, 0.25) is 5.91 Å². The van der Waals surface area contributed by atoms with Gasteiger partial charge in [0.1, 0.15) is 11.6 Å². The van der Waals surface area contributed by atoms with E-state index in [1.807, 2.05) is 24.3 Å². The molecule has 0 atom stereocenters. The minimum atomic E-state index is -0.308. The fourth-order valence-corrected chi connectivity index (χ4v) is 4.64. The molecule has 1 saturated carbocycles. The quantitative estimate of drug-likeness (QED) is 0.735. The minimum absolute atomic E-state index is 0.0565. The van der Waals surface area contributed by atoms with Crippen molar-refractivity contribution in [1.29, 1.82) is 0 Å². The van der Waals surface area contributed by atoms with Gasteiger partial charge in [-0.1, -0.05) is 18.2 Å². The molecule has 1 aliphatic heterocycles. The summed E-state index contributed by atoms with van der Waals surface area (Å²) in [6, 6.07) is 12.1. The molecule has 0 spiro atoms. The molecule has 0 aromatic heterocycles. The summed E-state index contributed by atoms with van der Waals surface area (Å²) in [6.45, 7) is 1.08. The number of carbonyl (C=O) groups excluding carboxylic acids is 2. The van der Waals surface area contributed by atoms with Gasteiger partial charge in [-0.2, -0.15) is 0 Å². The fraction of sp³-hybridized carbons (Fsp3) is 0.440. The first-order valence-corrected chi connectivity index (χ1v) is 11.3. The first-order valence-electron chi connectivity index (χ1n) is 11.3. The highest BCUT2D eigenvalue weighted by atomic mass is 19.1. The molecule has 3 amide bonds. The smallest absolute Gasteiger partial charge is 0.315 e. The normalized spacial score (nSPS) is 20.2. The van der Waals surface area contributed by atoms with Gasteiger partial charge in [0, 0.05) is 30.7 Å². The highest BCUT2D eigenvalue weighted by Gasteiger charge is 2.32. The summed E-state index contributed by atoms with van der Waals surface area (Å²) in [5.74, 6) is 0.475. The Labute approximate surface area is 188 Å². The van der Waals surface area contributed by atoms with E-state index in [2.05, 4.69) is 10.6 Å². The summed E-state index contributed by atoms with van der Waals surface area (Å²) in [4.78, 5) is 27.2. The van der Waals surface area contributed by atoms with Gasteiger partial charge in [0.25, 0.3) is 0 Å². The topological polar surface area (TPSA) is 70.7 Å². The van der Waals surface area contributed by atoms with Crippen LogP contribution in [0.4, 0.5) is 14.9 Å². The Kier molecular flexibility index (Phi) is 6.93. The van der Waals surface area contributed by atoms with Crippen LogP contribution in [0.1, 0.15) is 43.2 Å². The number of ether oxygens (including phenoxy) is 1. The van der Waals surface area contributed by atoms with Crippen LogP contribution in [0.2, 0.25) is 0 Å². The van der Waals surface area contributed by atoms with Crippen LogP contribution in [0.15, 0.2) is 42.5 Å². The van der Waals surface area contributed by atoms with E-state index in [9.17, 15) is 14.0 Å². The van der Waals surface area contributed by atoms with E-state index in [1.165, 1.54) is 12.1 Å². The van der Waals surface area contributed by atoms with Gasteiger partial charge in [-0.05, 0) is 73.9 Å². The third kappa shape index (κ3) is 5.21. The molecular formula is C25H30FN3O3. The number of nitrogens with one attached hydrogen (secondary N) is 2. The third-order valence-corrected chi connectivity index (χ3v) is 6.46. The van der Waals surface area contributed by atoms with E-state index in [0.29, 0.717) is 13.1 Å². The zero-order valence-corrected chi connectivity index (χ0v) is 18.4. The Bertz CT molecular complexity index is 955. The second kappa shape index (κ2) is 10.0. The maximum absolute atomic E-state index is 13.8. The maximum Gasteiger partial charge on any atom is 0.315 e. The number of amides is 3. The van der Waals surface area contributed by atoms with Crippen LogP contribution in [0, 0.1) is 11.7 Å². The number of benzene rings is 2. The molecule has 7 heteroatoms. The van der Waals surface area contributed by atoms with Crippen molar-refractivity contribution in [3.05, 3.63) is 59.4 Å². The van der Waals surface area contributed by atoms with Crippen LogP contribution >= 0.6 is 0 Å². The Morgan fingerprint density at radius 2 is 1.84 bits per heavy atom. The van der Waals surface area contributed by atoms with Crippen LogP contribution in [0.5, 0.6) is 5.75 Å². The summed E-state index contributed by atoms with van der Waals surface area (Å²) >= 11 is 0. The predicted octanol–water partition coefficient (Wildman–Crippen LogP) is 4.17. The van der Waals surface area contributed by atoms with Crippen LogP contribution in [-0.2, 0) is 17.8 Å². The van der Waals surface area contributed by atoms with E-state index < -0.39 is 0 Å². The number of anilines is 1. The summed E-state index contributed by atoms with van der Waals surface area (Å²) < 4.78 is 18.9. The molecule has 4 rings (SSSR count). The summed E-state index contributed by atoms with van der Waals surface area (Å²) in [6.07, 6.45) is 4.75. The van der Waals surface area contributed by atoms with E-state index in [4.69, 9.17) is 4.74 Å².